The molecule has 0 aliphatic heterocycles. The lowest BCUT2D eigenvalue weighted by Crippen LogP contribution is -2.35. The first-order chi connectivity index (χ1) is 13.9. The molecule has 0 aliphatic rings. The smallest absolute Gasteiger partial charge is 0.340 e. The Morgan fingerprint density at radius 1 is 0.966 bits per heavy atom. The molecule has 2 rings (SSSR count). The highest BCUT2D eigenvalue weighted by Gasteiger charge is 2.21. The van der Waals surface area contributed by atoms with E-state index in [4.69, 9.17) is 4.74 Å². The zero-order valence-electron chi connectivity index (χ0n) is 16.8. The first-order valence-electron chi connectivity index (χ1n) is 9.40. The molecular weight excluding hydrogens is 388 g/mol. The van der Waals surface area contributed by atoms with Gasteiger partial charge in [-0.3, -0.25) is 9.59 Å². The average molecular weight is 415 g/mol. The van der Waals surface area contributed by atoms with Crippen molar-refractivity contribution in [2.45, 2.75) is 44.4 Å². The summed E-state index contributed by atoms with van der Waals surface area (Å²) < 4.78 is 5.33. The molecule has 7 heteroatoms. The number of nitrogens with one attached hydrogen (secondary N) is 2. The quantitative estimate of drug-likeness (QED) is 0.486. The Bertz CT molecular complexity index is 840. The third-order valence-corrected chi connectivity index (χ3v) is 4.95. The van der Waals surface area contributed by atoms with Crippen molar-refractivity contribution in [3.8, 4) is 0 Å². The zero-order chi connectivity index (χ0) is 21.2. The maximum absolute atomic E-state index is 12.6. The number of thioether (sulfide) groups is 1. The van der Waals surface area contributed by atoms with Gasteiger partial charge in [-0.25, -0.2) is 4.79 Å². The van der Waals surface area contributed by atoms with E-state index in [2.05, 4.69) is 10.6 Å². The highest BCUT2D eigenvalue weighted by molar-refractivity contribution is 8.00. The Morgan fingerprint density at radius 3 is 2.31 bits per heavy atom. The van der Waals surface area contributed by atoms with Gasteiger partial charge in [0.25, 0.3) is 5.91 Å². The van der Waals surface area contributed by atoms with Crippen molar-refractivity contribution in [3.05, 3.63) is 65.7 Å². The molecule has 0 radical (unpaired) electrons. The molecule has 2 amide bonds. The molecular formula is C22H26N2O4S. The molecule has 154 valence electrons. The van der Waals surface area contributed by atoms with Crippen molar-refractivity contribution in [3.63, 3.8) is 0 Å². The van der Waals surface area contributed by atoms with E-state index < -0.39 is 12.1 Å². The molecule has 2 aromatic rings. The third kappa shape index (κ3) is 7.62. The molecule has 0 heterocycles. The SMILES string of the molecule is CC(C)NC(=O)CSc1ccccc1C(=O)O[C@@H](C)C(=O)NCc1ccccc1. The highest BCUT2D eigenvalue weighted by Crippen LogP contribution is 2.23. The van der Waals surface area contributed by atoms with Crippen molar-refractivity contribution in [2.75, 3.05) is 5.75 Å². The standard InChI is InChI=1S/C22H26N2O4S/c1-15(2)24-20(25)14-29-19-12-8-7-11-18(19)22(27)28-16(3)21(26)23-13-17-9-5-4-6-10-17/h4-12,15-16H,13-14H2,1-3H3,(H,23,26)(H,24,25)/t16-/m0/s1. The Kier molecular flexibility index (Phi) is 8.73. The molecule has 0 fully saturated rings. The largest absolute Gasteiger partial charge is 0.449 e. The fourth-order valence-electron chi connectivity index (χ4n) is 2.47. The number of amides is 2. The van der Waals surface area contributed by atoms with Crippen LogP contribution in [0.25, 0.3) is 0 Å². The van der Waals surface area contributed by atoms with Crippen molar-refractivity contribution < 1.29 is 19.1 Å². The molecule has 2 N–H and O–H groups in total. The molecule has 29 heavy (non-hydrogen) atoms. The second kappa shape index (κ2) is 11.3. The summed E-state index contributed by atoms with van der Waals surface area (Å²) >= 11 is 1.26. The van der Waals surface area contributed by atoms with E-state index in [1.807, 2.05) is 44.2 Å². The molecule has 2 aromatic carbocycles. The summed E-state index contributed by atoms with van der Waals surface area (Å²) in [5.74, 6) is -0.888. The molecule has 0 aliphatic carbocycles. The van der Waals surface area contributed by atoms with Crippen LogP contribution in [0.15, 0.2) is 59.5 Å². The van der Waals surface area contributed by atoms with Gasteiger partial charge in [0.2, 0.25) is 5.91 Å². The summed E-state index contributed by atoms with van der Waals surface area (Å²) in [4.78, 5) is 37.3. The van der Waals surface area contributed by atoms with Crippen LogP contribution >= 0.6 is 11.8 Å². The van der Waals surface area contributed by atoms with Crippen LogP contribution < -0.4 is 10.6 Å². The molecule has 1 atom stereocenters. The van der Waals surface area contributed by atoms with Crippen LogP contribution in [0, 0.1) is 0 Å². The van der Waals surface area contributed by atoms with E-state index in [1.54, 1.807) is 24.3 Å². The fraction of sp³-hybridized carbons (Fsp3) is 0.318. The lowest BCUT2D eigenvalue weighted by molar-refractivity contribution is -0.129. The molecule has 0 saturated heterocycles. The van der Waals surface area contributed by atoms with Crippen molar-refractivity contribution in [2.24, 2.45) is 0 Å². The average Bonchev–Trinajstić information content (AvgIpc) is 2.70. The fourth-order valence-corrected chi connectivity index (χ4v) is 3.33. The minimum Gasteiger partial charge on any atom is -0.449 e. The van der Waals surface area contributed by atoms with Crippen LogP contribution in [0.4, 0.5) is 0 Å². The number of hydrogen-bond acceptors (Lipinski definition) is 5. The van der Waals surface area contributed by atoms with Gasteiger partial charge in [0.15, 0.2) is 6.10 Å². The lowest BCUT2D eigenvalue weighted by Gasteiger charge is -2.15. The van der Waals surface area contributed by atoms with Gasteiger partial charge in [-0.15, -0.1) is 11.8 Å². The summed E-state index contributed by atoms with van der Waals surface area (Å²) in [6.07, 6.45) is -0.937. The van der Waals surface area contributed by atoms with Gasteiger partial charge in [0, 0.05) is 17.5 Å². The van der Waals surface area contributed by atoms with E-state index in [0.717, 1.165) is 5.56 Å². The summed E-state index contributed by atoms with van der Waals surface area (Å²) in [6, 6.07) is 16.4. The number of carbonyl (C=O) groups excluding carboxylic acids is 3. The predicted octanol–water partition coefficient (Wildman–Crippen LogP) is 3.17. The molecule has 0 aromatic heterocycles. The first kappa shape index (κ1) is 22.5. The van der Waals surface area contributed by atoms with Crippen molar-refractivity contribution >= 4 is 29.5 Å². The van der Waals surface area contributed by atoms with Crippen molar-refractivity contribution in [1.82, 2.24) is 10.6 Å². The van der Waals surface area contributed by atoms with E-state index in [9.17, 15) is 14.4 Å². The maximum Gasteiger partial charge on any atom is 0.340 e. The second-order valence-electron chi connectivity index (χ2n) is 6.76. The number of ether oxygens (including phenoxy) is 1. The van der Waals surface area contributed by atoms with Gasteiger partial charge < -0.3 is 15.4 Å². The van der Waals surface area contributed by atoms with Gasteiger partial charge in [0.1, 0.15) is 0 Å². The minimum atomic E-state index is -0.937. The number of benzene rings is 2. The van der Waals surface area contributed by atoms with Gasteiger partial charge in [0.05, 0.1) is 11.3 Å². The van der Waals surface area contributed by atoms with Crippen LogP contribution in [-0.4, -0.2) is 35.7 Å². The van der Waals surface area contributed by atoms with Gasteiger partial charge >= 0.3 is 5.97 Å². The Hall–Kier alpha value is -2.80. The molecule has 0 bridgehead atoms. The van der Waals surface area contributed by atoms with E-state index in [0.29, 0.717) is 17.0 Å². The van der Waals surface area contributed by atoms with E-state index in [-0.39, 0.29) is 23.6 Å². The minimum absolute atomic E-state index is 0.0542. The van der Waals surface area contributed by atoms with E-state index >= 15 is 0 Å². The number of hydrogen-bond donors (Lipinski definition) is 2. The monoisotopic (exact) mass is 414 g/mol. The van der Waals surface area contributed by atoms with Crippen molar-refractivity contribution in [1.29, 1.82) is 0 Å². The summed E-state index contributed by atoms with van der Waals surface area (Å²) in [5, 5.41) is 5.56. The van der Waals surface area contributed by atoms with Crippen LogP contribution in [0.5, 0.6) is 0 Å². The Labute approximate surface area is 175 Å². The van der Waals surface area contributed by atoms with Gasteiger partial charge in [-0.1, -0.05) is 42.5 Å². The molecule has 6 nitrogen and oxygen atoms in total. The van der Waals surface area contributed by atoms with E-state index in [1.165, 1.54) is 18.7 Å². The lowest BCUT2D eigenvalue weighted by atomic mass is 10.2. The second-order valence-corrected chi connectivity index (χ2v) is 7.78. The third-order valence-electron chi connectivity index (χ3n) is 3.88. The summed E-state index contributed by atoms with van der Waals surface area (Å²) in [7, 11) is 0. The first-order valence-corrected chi connectivity index (χ1v) is 10.4. The Morgan fingerprint density at radius 2 is 1.62 bits per heavy atom. The number of rotatable bonds is 9. The number of esters is 1. The van der Waals surface area contributed by atoms with Gasteiger partial charge in [-0.05, 0) is 38.5 Å². The van der Waals surface area contributed by atoms with Crippen LogP contribution in [0.2, 0.25) is 0 Å². The highest BCUT2D eigenvalue weighted by atomic mass is 32.2. The zero-order valence-corrected chi connectivity index (χ0v) is 17.6. The maximum atomic E-state index is 12.6. The molecule has 0 saturated carbocycles. The molecule has 0 unspecified atom stereocenters. The Balaban J connectivity index is 1.92. The van der Waals surface area contributed by atoms with Gasteiger partial charge in [-0.2, -0.15) is 0 Å². The van der Waals surface area contributed by atoms with Crippen LogP contribution in [-0.2, 0) is 20.9 Å². The topological polar surface area (TPSA) is 84.5 Å². The summed E-state index contributed by atoms with van der Waals surface area (Å²) in [5.41, 5.74) is 1.29. The summed E-state index contributed by atoms with van der Waals surface area (Å²) in [6.45, 7) is 5.67. The molecule has 0 spiro atoms. The van der Waals surface area contributed by atoms with Crippen LogP contribution in [0.3, 0.4) is 0 Å². The predicted molar refractivity (Wildman–Crippen MR) is 114 cm³/mol. The van der Waals surface area contributed by atoms with Crippen LogP contribution in [0.1, 0.15) is 36.7 Å². The normalized spacial score (nSPS) is 11.6. The number of carbonyl (C=O) groups is 3.